The van der Waals surface area contributed by atoms with Gasteiger partial charge in [0.25, 0.3) is 5.91 Å². The molecule has 2 N–H and O–H groups in total. The van der Waals surface area contributed by atoms with E-state index in [1.807, 2.05) is 0 Å². The number of hydrogen-bond acceptors (Lipinski definition) is 4. The molecule has 1 fully saturated rings. The molecule has 0 aliphatic carbocycles. The summed E-state index contributed by atoms with van der Waals surface area (Å²) in [4.78, 5) is 11.9. The zero-order valence-corrected chi connectivity index (χ0v) is 12.7. The minimum absolute atomic E-state index is 0.0846. The minimum atomic E-state index is -0.711. The summed E-state index contributed by atoms with van der Waals surface area (Å²) < 4.78 is 10.7. The van der Waals surface area contributed by atoms with E-state index in [1.165, 1.54) is 0 Å². The summed E-state index contributed by atoms with van der Waals surface area (Å²) in [6.45, 7) is 2.89. The third-order valence-electron chi connectivity index (χ3n) is 3.37. The molecule has 0 spiro atoms. The fourth-order valence-corrected chi connectivity index (χ4v) is 2.41. The lowest BCUT2D eigenvalue weighted by Crippen LogP contribution is -2.41. The first kappa shape index (κ1) is 16.1. The predicted molar refractivity (Wildman–Crippen MR) is 79.6 cm³/mol. The SMILES string of the molecule is C[C@H](O)c1cc(Cl)ccc1OCC(=O)NC1CCOCC1. The number of halogens is 1. The van der Waals surface area contributed by atoms with E-state index in [0.717, 1.165) is 12.8 Å². The number of amides is 1. The van der Waals surface area contributed by atoms with Crippen LogP contribution in [-0.4, -0.2) is 36.9 Å². The maximum absolute atomic E-state index is 11.9. The molecule has 1 atom stereocenters. The average Bonchev–Trinajstić information content (AvgIpc) is 2.47. The molecule has 6 heteroatoms. The van der Waals surface area contributed by atoms with Gasteiger partial charge in [0.2, 0.25) is 0 Å². The topological polar surface area (TPSA) is 67.8 Å². The Kier molecular flexibility index (Phi) is 5.85. The first-order chi connectivity index (χ1) is 10.1. The Morgan fingerprint density at radius 3 is 2.90 bits per heavy atom. The van der Waals surface area contributed by atoms with Crippen molar-refractivity contribution in [3.8, 4) is 5.75 Å². The number of carbonyl (C=O) groups excluding carboxylic acids is 1. The van der Waals surface area contributed by atoms with E-state index < -0.39 is 6.10 Å². The van der Waals surface area contributed by atoms with Crippen molar-refractivity contribution in [2.45, 2.75) is 31.9 Å². The highest BCUT2D eigenvalue weighted by molar-refractivity contribution is 6.30. The fourth-order valence-electron chi connectivity index (χ4n) is 2.23. The van der Waals surface area contributed by atoms with Gasteiger partial charge in [-0.15, -0.1) is 0 Å². The molecule has 5 nitrogen and oxygen atoms in total. The summed E-state index contributed by atoms with van der Waals surface area (Å²) in [6.07, 6.45) is 0.939. The number of ether oxygens (including phenoxy) is 2. The molecule has 116 valence electrons. The number of benzene rings is 1. The molecule has 0 aromatic heterocycles. The van der Waals surface area contributed by atoms with Crippen LogP contribution in [0.5, 0.6) is 5.75 Å². The fraction of sp³-hybridized carbons (Fsp3) is 0.533. The quantitative estimate of drug-likeness (QED) is 0.873. The van der Waals surface area contributed by atoms with Gasteiger partial charge in [-0.05, 0) is 38.0 Å². The van der Waals surface area contributed by atoms with E-state index >= 15 is 0 Å². The van der Waals surface area contributed by atoms with Gasteiger partial charge in [-0.25, -0.2) is 0 Å². The van der Waals surface area contributed by atoms with Crippen LogP contribution in [0.25, 0.3) is 0 Å². The van der Waals surface area contributed by atoms with E-state index in [1.54, 1.807) is 25.1 Å². The van der Waals surface area contributed by atoms with Gasteiger partial charge < -0.3 is 19.9 Å². The molecule has 0 saturated carbocycles. The van der Waals surface area contributed by atoms with E-state index in [-0.39, 0.29) is 18.6 Å². The van der Waals surface area contributed by atoms with Crippen LogP contribution in [0.1, 0.15) is 31.4 Å². The summed E-state index contributed by atoms with van der Waals surface area (Å²) in [5.41, 5.74) is 0.571. The first-order valence-electron chi connectivity index (χ1n) is 7.03. The van der Waals surface area contributed by atoms with Crippen LogP contribution < -0.4 is 10.1 Å². The molecule has 2 rings (SSSR count). The van der Waals surface area contributed by atoms with Crippen LogP contribution in [-0.2, 0) is 9.53 Å². The smallest absolute Gasteiger partial charge is 0.258 e. The molecule has 1 aliphatic heterocycles. The van der Waals surface area contributed by atoms with E-state index in [2.05, 4.69) is 5.32 Å². The number of rotatable bonds is 5. The van der Waals surface area contributed by atoms with Crippen LogP contribution in [0.3, 0.4) is 0 Å². The maximum atomic E-state index is 11.9. The highest BCUT2D eigenvalue weighted by atomic mass is 35.5. The third kappa shape index (κ3) is 4.88. The predicted octanol–water partition coefficient (Wildman–Crippen LogP) is 2.07. The van der Waals surface area contributed by atoms with Gasteiger partial charge in [0.15, 0.2) is 6.61 Å². The minimum Gasteiger partial charge on any atom is -0.483 e. The summed E-state index contributed by atoms with van der Waals surface area (Å²) in [7, 11) is 0. The molecule has 1 aromatic carbocycles. The van der Waals surface area contributed by atoms with Crippen molar-refractivity contribution >= 4 is 17.5 Å². The average molecular weight is 314 g/mol. The standard InChI is InChI=1S/C15H20ClNO4/c1-10(18)13-8-11(16)2-3-14(13)21-9-15(19)17-12-4-6-20-7-5-12/h2-3,8,10,12,18H,4-7,9H2,1H3,(H,17,19)/t10-/m0/s1. The molecule has 21 heavy (non-hydrogen) atoms. The largest absolute Gasteiger partial charge is 0.483 e. The van der Waals surface area contributed by atoms with Gasteiger partial charge in [0.05, 0.1) is 6.10 Å². The van der Waals surface area contributed by atoms with Crippen LogP contribution in [0.15, 0.2) is 18.2 Å². The van der Waals surface area contributed by atoms with Crippen LogP contribution in [0, 0.1) is 0 Å². The van der Waals surface area contributed by atoms with E-state index in [9.17, 15) is 9.90 Å². The molecule has 1 heterocycles. The number of hydrogen-bond donors (Lipinski definition) is 2. The molecular formula is C15H20ClNO4. The molecule has 0 bridgehead atoms. The molecule has 0 radical (unpaired) electrons. The van der Waals surface area contributed by atoms with Crippen molar-refractivity contribution in [1.82, 2.24) is 5.32 Å². The lowest BCUT2D eigenvalue weighted by atomic mass is 10.1. The lowest BCUT2D eigenvalue weighted by Gasteiger charge is -2.23. The molecule has 1 saturated heterocycles. The Hall–Kier alpha value is -1.30. The second kappa shape index (κ2) is 7.64. The van der Waals surface area contributed by atoms with Crippen molar-refractivity contribution in [3.05, 3.63) is 28.8 Å². The summed E-state index contributed by atoms with van der Waals surface area (Å²) in [5.74, 6) is 0.296. The van der Waals surface area contributed by atoms with Crippen molar-refractivity contribution in [2.24, 2.45) is 0 Å². The summed E-state index contributed by atoms with van der Waals surface area (Å²) in [5, 5.41) is 13.1. The Morgan fingerprint density at radius 2 is 2.24 bits per heavy atom. The van der Waals surface area contributed by atoms with E-state index in [4.69, 9.17) is 21.1 Å². The first-order valence-corrected chi connectivity index (χ1v) is 7.41. The zero-order valence-electron chi connectivity index (χ0n) is 12.0. The van der Waals surface area contributed by atoms with Crippen molar-refractivity contribution in [2.75, 3.05) is 19.8 Å². The Morgan fingerprint density at radius 1 is 1.52 bits per heavy atom. The second-order valence-corrected chi connectivity index (χ2v) is 5.54. The molecule has 1 amide bonds. The van der Waals surface area contributed by atoms with Crippen LogP contribution in [0.4, 0.5) is 0 Å². The van der Waals surface area contributed by atoms with Crippen molar-refractivity contribution in [3.63, 3.8) is 0 Å². The van der Waals surface area contributed by atoms with Gasteiger partial charge in [-0.1, -0.05) is 11.6 Å². The highest BCUT2D eigenvalue weighted by Gasteiger charge is 2.17. The van der Waals surface area contributed by atoms with Crippen LogP contribution >= 0.6 is 11.6 Å². The van der Waals surface area contributed by atoms with Crippen molar-refractivity contribution in [1.29, 1.82) is 0 Å². The number of carbonyl (C=O) groups is 1. The lowest BCUT2D eigenvalue weighted by molar-refractivity contribution is -0.124. The van der Waals surface area contributed by atoms with Gasteiger partial charge in [-0.3, -0.25) is 4.79 Å². The number of aliphatic hydroxyl groups excluding tert-OH is 1. The Labute approximate surface area is 129 Å². The van der Waals surface area contributed by atoms with Gasteiger partial charge in [0.1, 0.15) is 5.75 Å². The monoisotopic (exact) mass is 313 g/mol. The molecule has 1 aliphatic rings. The van der Waals surface area contributed by atoms with E-state index in [0.29, 0.717) is 29.5 Å². The second-order valence-electron chi connectivity index (χ2n) is 5.10. The number of nitrogens with one attached hydrogen (secondary N) is 1. The van der Waals surface area contributed by atoms with Gasteiger partial charge in [0, 0.05) is 29.8 Å². The summed E-state index contributed by atoms with van der Waals surface area (Å²) >= 11 is 5.89. The highest BCUT2D eigenvalue weighted by Crippen LogP contribution is 2.28. The van der Waals surface area contributed by atoms with Crippen LogP contribution in [0.2, 0.25) is 5.02 Å². The van der Waals surface area contributed by atoms with Gasteiger partial charge >= 0.3 is 0 Å². The maximum Gasteiger partial charge on any atom is 0.258 e. The third-order valence-corrected chi connectivity index (χ3v) is 3.60. The number of aliphatic hydroxyl groups is 1. The van der Waals surface area contributed by atoms with Crippen molar-refractivity contribution < 1.29 is 19.4 Å². The molecule has 0 unspecified atom stereocenters. The zero-order chi connectivity index (χ0) is 15.2. The Bertz CT molecular complexity index is 487. The molecular weight excluding hydrogens is 294 g/mol. The molecule has 1 aromatic rings. The summed E-state index contributed by atoms with van der Waals surface area (Å²) in [6, 6.07) is 5.11. The normalized spacial score (nSPS) is 17.3. The van der Waals surface area contributed by atoms with Gasteiger partial charge in [-0.2, -0.15) is 0 Å². The Balaban J connectivity index is 1.88.